The van der Waals surface area contributed by atoms with Crippen LogP contribution in [0.25, 0.3) is 16.8 Å². The summed E-state index contributed by atoms with van der Waals surface area (Å²) < 4.78 is 42.9. The number of nitrogens with one attached hydrogen (secondary N) is 1. The van der Waals surface area contributed by atoms with Gasteiger partial charge in [-0.1, -0.05) is 0 Å². The Bertz CT molecular complexity index is 1180. The van der Waals surface area contributed by atoms with Crippen LogP contribution in [-0.2, 0) is 0 Å². The number of amides is 1. The minimum absolute atomic E-state index is 0.0391. The molecule has 0 bridgehead atoms. The van der Waals surface area contributed by atoms with Crippen molar-refractivity contribution >= 4 is 17.4 Å². The quantitative estimate of drug-likeness (QED) is 0.439. The van der Waals surface area contributed by atoms with Gasteiger partial charge in [0.05, 0.1) is 25.1 Å². The van der Waals surface area contributed by atoms with Crippen molar-refractivity contribution in [2.75, 3.05) is 19.5 Å². The van der Waals surface area contributed by atoms with Crippen molar-refractivity contribution in [3.8, 4) is 28.4 Å². The number of benzene rings is 1. The van der Waals surface area contributed by atoms with Crippen molar-refractivity contribution in [1.29, 1.82) is 0 Å². The van der Waals surface area contributed by atoms with Gasteiger partial charge in [-0.25, -0.2) is 9.50 Å². The van der Waals surface area contributed by atoms with Crippen LogP contribution < -0.4 is 25.3 Å². The number of alkyl halides is 2. The second kappa shape index (κ2) is 9.06. The summed E-state index contributed by atoms with van der Waals surface area (Å²) in [5.41, 5.74) is 5.09. The zero-order valence-electron chi connectivity index (χ0n) is 18.7. The van der Waals surface area contributed by atoms with E-state index in [1.165, 1.54) is 30.0 Å². The molecule has 1 atom stereocenters. The molecule has 12 heteroatoms. The monoisotopic (exact) mass is 465 g/mol. The Morgan fingerprint density at radius 2 is 1.91 bits per heavy atom. The van der Waals surface area contributed by atoms with E-state index in [0.717, 1.165) is 0 Å². The minimum atomic E-state index is -3.18. The number of primary amides is 1. The molecule has 0 aliphatic carbocycles. The number of nitrogens with two attached hydrogens (primary N) is 1. The van der Waals surface area contributed by atoms with Crippen molar-refractivity contribution in [2.45, 2.75) is 39.1 Å². The molecular weight excluding hydrogens is 440 g/mol. The van der Waals surface area contributed by atoms with E-state index in [9.17, 15) is 18.7 Å². The normalized spacial score (nSPS) is 12.6. The minimum Gasteiger partial charge on any atom is -0.496 e. The highest BCUT2D eigenvalue weighted by atomic mass is 19.3. The molecule has 2 heterocycles. The van der Waals surface area contributed by atoms with Gasteiger partial charge < -0.3 is 30.4 Å². The molecule has 2 aromatic heterocycles. The third-order valence-electron chi connectivity index (χ3n) is 5.05. The van der Waals surface area contributed by atoms with E-state index in [4.69, 9.17) is 15.2 Å². The number of hydrogen-bond donors (Lipinski definition) is 3. The average molecular weight is 465 g/mol. The van der Waals surface area contributed by atoms with Gasteiger partial charge in [0.2, 0.25) is 0 Å². The number of methoxy groups -OCH3 is 1. The maximum absolute atomic E-state index is 13.0. The van der Waals surface area contributed by atoms with Crippen LogP contribution in [0.15, 0.2) is 24.5 Å². The molecule has 178 valence electrons. The topological polar surface area (TPSA) is 133 Å². The number of hydrogen-bond acceptors (Lipinski definition) is 8. The summed E-state index contributed by atoms with van der Waals surface area (Å²) in [6.45, 7) is 1.78. The lowest BCUT2D eigenvalue weighted by molar-refractivity contribution is -0.0502. The predicted molar refractivity (Wildman–Crippen MR) is 116 cm³/mol. The second-order valence-electron chi connectivity index (χ2n) is 7.74. The number of aromatic nitrogens is 3. The zero-order chi connectivity index (χ0) is 24.5. The molecule has 33 heavy (non-hydrogen) atoms. The van der Waals surface area contributed by atoms with Crippen LogP contribution in [0.2, 0.25) is 0 Å². The highest BCUT2D eigenvalue weighted by Gasteiger charge is 2.26. The fraction of sp³-hybridized carbons (Fsp3) is 0.381. The molecule has 4 N–H and O–H groups in total. The lowest BCUT2D eigenvalue weighted by atomic mass is 10.0. The first kappa shape index (κ1) is 24.0. The molecule has 0 spiro atoms. The standard InChI is InChI=1S/C21H25F2N5O5/c1-10(21(2,3)30)32-15-9-28-19(27-18(15)25-4)12(8-26-28)11-6-13(31-5)16(17(24)29)14(7-11)33-20(22)23/h6-10,20,30H,1-5H3,(H2,24,29)(H,25,27)/t10-/m0/s1. The van der Waals surface area contributed by atoms with Gasteiger partial charge in [0.1, 0.15) is 23.2 Å². The molecule has 1 aromatic carbocycles. The molecule has 10 nitrogen and oxygen atoms in total. The summed E-state index contributed by atoms with van der Waals surface area (Å²) >= 11 is 0. The maximum atomic E-state index is 13.0. The number of ether oxygens (including phenoxy) is 3. The van der Waals surface area contributed by atoms with Crippen molar-refractivity contribution in [2.24, 2.45) is 5.73 Å². The molecule has 0 unspecified atom stereocenters. The van der Waals surface area contributed by atoms with Crippen LogP contribution in [0, 0.1) is 0 Å². The number of aliphatic hydroxyl groups is 1. The fourth-order valence-corrected chi connectivity index (χ4v) is 3.04. The Balaban J connectivity index is 2.15. The molecule has 0 aliphatic heterocycles. The molecule has 0 fully saturated rings. The van der Waals surface area contributed by atoms with Gasteiger partial charge in [0.15, 0.2) is 17.2 Å². The summed E-state index contributed by atoms with van der Waals surface area (Å²) in [5.74, 6) is -0.739. The number of nitrogens with zero attached hydrogens (tertiary/aromatic N) is 3. The van der Waals surface area contributed by atoms with Crippen LogP contribution in [0.3, 0.4) is 0 Å². The number of carbonyl (C=O) groups excluding carboxylic acids is 1. The van der Waals surface area contributed by atoms with Gasteiger partial charge in [0, 0.05) is 12.6 Å². The number of rotatable bonds is 9. The highest BCUT2D eigenvalue weighted by Crippen LogP contribution is 2.37. The molecule has 3 aromatic rings. The Kier molecular flexibility index (Phi) is 6.58. The smallest absolute Gasteiger partial charge is 0.387 e. The Labute approximate surface area is 188 Å². The predicted octanol–water partition coefficient (Wildman–Crippen LogP) is 2.69. The SMILES string of the molecule is CNc1nc2c(-c3cc(OC)c(C(N)=O)c(OC(F)F)c3)cnn2cc1O[C@@H](C)C(C)(C)O. The molecule has 0 saturated carbocycles. The van der Waals surface area contributed by atoms with E-state index in [1.54, 1.807) is 34.0 Å². The van der Waals surface area contributed by atoms with E-state index < -0.39 is 30.0 Å². The fourth-order valence-electron chi connectivity index (χ4n) is 3.04. The van der Waals surface area contributed by atoms with Crippen molar-refractivity contribution in [3.05, 3.63) is 30.1 Å². The lowest BCUT2D eigenvalue weighted by Gasteiger charge is -2.27. The van der Waals surface area contributed by atoms with E-state index in [-0.39, 0.29) is 11.3 Å². The number of anilines is 1. The third-order valence-corrected chi connectivity index (χ3v) is 5.05. The average Bonchev–Trinajstić information content (AvgIpc) is 3.13. The number of fused-ring (bicyclic) bond motifs is 1. The molecule has 3 rings (SSSR count). The van der Waals surface area contributed by atoms with Crippen molar-refractivity contribution in [1.82, 2.24) is 14.6 Å². The Morgan fingerprint density at radius 1 is 1.24 bits per heavy atom. The van der Waals surface area contributed by atoms with Gasteiger partial charge in [-0.2, -0.15) is 13.9 Å². The number of carbonyl (C=O) groups is 1. The van der Waals surface area contributed by atoms with Gasteiger partial charge >= 0.3 is 6.61 Å². The van der Waals surface area contributed by atoms with Crippen molar-refractivity contribution < 1.29 is 32.9 Å². The summed E-state index contributed by atoms with van der Waals surface area (Å²) in [6.07, 6.45) is 2.49. The van der Waals surface area contributed by atoms with E-state index in [2.05, 4.69) is 20.1 Å². The van der Waals surface area contributed by atoms with Crippen molar-refractivity contribution in [3.63, 3.8) is 0 Å². The van der Waals surface area contributed by atoms with Gasteiger partial charge in [-0.15, -0.1) is 0 Å². The first-order chi connectivity index (χ1) is 15.5. The molecule has 0 aliphatic rings. The lowest BCUT2D eigenvalue weighted by Crippen LogP contribution is -2.38. The molecule has 1 amide bonds. The van der Waals surface area contributed by atoms with Crippen LogP contribution in [0.4, 0.5) is 14.6 Å². The second-order valence-corrected chi connectivity index (χ2v) is 7.74. The molecule has 0 radical (unpaired) electrons. The third kappa shape index (κ3) is 4.90. The summed E-state index contributed by atoms with van der Waals surface area (Å²) in [6, 6.07) is 2.70. The Hall–Kier alpha value is -3.67. The summed E-state index contributed by atoms with van der Waals surface area (Å²) in [5, 5.41) is 17.4. The molecule has 0 saturated heterocycles. The summed E-state index contributed by atoms with van der Waals surface area (Å²) in [7, 11) is 2.92. The maximum Gasteiger partial charge on any atom is 0.387 e. The first-order valence-corrected chi connectivity index (χ1v) is 9.88. The molecular formula is C21H25F2N5O5. The van der Waals surface area contributed by atoms with Gasteiger partial charge in [-0.3, -0.25) is 4.79 Å². The first-order valence-electron chi connectivity index (χ1n) is 9.88. The van der Waals surface area contributed by atoms with Crippen LogP contribution >= 0.6 is 0 Å². The number of halogens is 2. The van der Waals surface area contributed by atoms with E-state index in [1.807, 2.05) is 0 Å². The van der Waals surface area contributed by atoms with Gasteiger partial charge in [-0.05, 0) is 38.5 Å². The van der Waals surface area contributed by atoms with Crippen LogP contribution in [0.5, 0.6) is 17.2 Å². The van der Waals surface area contributed by atoms with Crippen LogP contribution in [-0.4, -0.2) is 58.1 Å². The van der Waals surface area contributed by atoms with Crippen LogP contribution in [0.1, 0.15) is 31.1 Å². The van der Waals surface area contributed by atoms with E-state index >= 15 is 0 Å². The Morgan fingerprint density at radius 3 is 2.45 bits per heavy atom. The summed E-state index contributed by atoms with van der Waals surface area (Å²) in [4.78, 5) is 16.4. The largest absolute Gasteiger partial charge is 0.496 e. The van der Waals surface area contributed by atoms with Gasteiger partial charge in [0.25, 0.3) is 5.91 Å². The zero-order valence-corrected chi connectivity index (χ0v) is 18.7. The van der Waals surface area contributed by atoms with E-state index in [0.29, 0.717) is 28.3 Å². The highest BCUT2D eigenvalue weighted by molar-refractivity contribution is 6.00.